The first-order chi connectivity index (χ1) is 17.3. The molecule has 8 nitrogen and oxygen atoms in total. The van der Waals surface area contributed by atoms with Crippen LogP contribution < -0.4 is 9.80 Å². The predicted octanol–water partition coefficient (Wildman–Crippen LogP) is 6.14. The number of urea groups is 2. The number of imide groups is 1. The molecule has 14 heteroatoms. The van der Waals surface area contributed by atoms with Crippen LogP contribution in [0.4, 0.5) is 47.3 Å². The number of halogens is 6. The minimum atomic E-state index is -4.81. The van der Waals surface area contributed by atoms with Crippen LogP contribution in [-0.4, -0.2) is 40.6 Å². The maximum atomic E-state index is 13.8. The van der Waals surface area contributed by atoms with E-state index in [2.05, 4.69) is 0 Å². The van der Waals surface area contributed by atoms with E-state index in [4.69, 9.17) is 0 Å². The van der Waals surface area contributed by atoms with Gasteiger partial charge in [0.15, 0.2) is 5.66 Å². The molecule has 0 spiro atoms. The van der Waals surface area contributed by atoms with Crippen molar-refractivity contribution < 1.29 is 40.9 Å². The van der Waals surface area contributed by atoms with Gasteiger partial charge in [0.25, 0.3) is 0 Å². The fourth-order valence-electron chi connectivity index (χ4n) is 4.84. The second kappa shape index (κ2) is 9.23. The summed E-state index contributed by atoms with van der Waals surface area (Å²) in [6.07, 6.45) is -8.53. The Bertz CT molecular complexity index is 1230. The van der Waals surface area contributed by atoms with Crippen molar-refractivity contribution in [2.24, 2.45) is 0 Å². The third kappa shape index (κ3) is 4.79. The van der Waals surface area contributed by atoms with Crippen molar-refractivity contribution in [3.8, 4) is 0 Å². The number of hydrogen-bond donors (Lipinski definition) is 0. The lowest BCUT2D eigenvalue weighted by Gasteiger charge is -2.53. The molecule has 4 amide bonds. The molecule has 2 fully saturated rings. The van der Waals surface area contributed by atoms with E-state index in [9.17, 15) is 46.0 Å². The molecule has 1 atom stereocenters. The molecule has 2 heterocycles. The molecule has 0 saturated carbocycles. The topological polar surface area (TPSA) is 87.0 Å². The van der Waals surface area contributed by atoms with Crippen LogP contribution >= 0.6 is 0 Å². The lowest BCUT2D eigenvalue weighted by Crippen LogP contribution is -2.76. The van der Waals surface area contributed by atoms with Gasteiger partial charge < -0.3 is 0 Å². The Balaban J connectivity index is 1.95. The monoisotopic (exact) mass is 530 g/mol. The summed E-state index contributed by atoms with van der Waals surface area (Å²) in [7, 11) is 0. The fourth-order valence-corrected chi connectivity index (χ4v) is 4.84. The van der Waals surface area contributed by atoms with Gasteiger partial charge in [0.2, 0.25) is 6.54 Å². The average Bonchev–Trinajstić information content (AvgIpc) is 3.01. The van der Waals surface area contributed by atoms with Gasteiger partial charge in [-0.15, -0.1) is 0 Å². The van der Waals surface area contributed by atoms with E-state index in [0.29, 0.717) is 36.3 Å². The Morgan fingerprint density at radius 2 is 1.41 bits per heavy atom. The van der Waals surface area contributed by atoms with Crippen molar-refractivity contribution in [2.45, 2.75) is 43.7 Å². The Morgan fingerprint density at radius 3 is 1.97 bits per heavy atom. The van der Waals surface area contributed by atoms with E-state index in [0.717, 1.165) is 46.2 Å². The van der Waals surface area contributed by atoms with Crippen molar-refractivity contribution in [1.82, 2.24) is 4.90 Å². The molecule has 2 aromatic rings. The quantitative estimate of drug-likeness (QED) is 0.270. The average molecular weight is 530 g/mol. The maximum Gasteiger partial charge on any atom is 0.416 e. The third-order valence-electron chi connectivity index (χ3n) is 6.43. The van der Waals surface area contributed by atoms with Crippen LogP contribution in [0, 0.1) is 10.1 Å². The molecule has 4 rings (SSSR count). The second-order valence-electron chi connectivity index (χ2n) is 8.77. The Hall–Kier alpha value is -3.84. The number of benzene rings is 2. The molecule has 37 heavy (non-hydrogen) atoms. The molecule has 0 radical (unpaired) electrons. The number of nitro groups is 1. The number of alkyl halides is 6. The SMILES string of the molecule is O=C1N(c2cccc(C(F)(F)F)c2)C(=O)N(c2cccc(C(F)(F)F)c2)C2(C[N+](=O)[O-])CCCCCN12. The van der Waals surface area contributed by atoms with Crippen LogP contribution in [0.25, 0.3) is 0 Å². The van der Waals surface area contributed by atoms with E-state index in [1.807, 2.05) is 0 Å². The largest absolute Gasteiger partial charge is 0.416 e. The number of fused-ring (bicyclic) bond motifs is 1. The number of rotatable bonds is 4. The number of carbonyl (C=O) groups is 2. The van der Waals surface area contributed by atoms with Crippen LogP contribution in [0.5, 0.6) is 0 Å². The van der Waals surface area contributed by atoms with E-state index in [1.165, 1.54) is 0 Å². The summed E-state index contributed by atoms with van der Waals surface area (Å²) in [5.74, 6) is 0. The first-order valence-electron chi connectivity index (χ1n) is 11.2. The Morgan fingerprint density at radius 1 is 0.838 bits per heavy atom. The first kappa shape index (κ1) is 26.2. The van der Waals surface area contributed by atoms with Crippen molar-refractivity contribution in [2.75, 3.05) is 22.9 Å². The number of hydrogen-bond acceptors (Lipinski definition) is 4. The molecular formula is C23H20F6N4O4. The standard InChI is InChI=1S/C23H20F6N4O4/c24-22(25,26)15-6-4-8-17(12-15)32-19(34)30-11-3-1-2-10-21(30,14-31(36)37)33(20(32)35)18-9-5-7-16(13-18)23(27,28)29/h4-9,12-13H,1-3,10-11,14H2. The molecule has 2 saturated heterocycles. The highest BCUT2D eigenvalue weighted by Crippen LogP contribution is 2.43. The normalized spacial score (nSPS) is 21.1. The first-order valence-corrected chi connectivity index (χ1v) is 11.2. The Kier molecular flexibility index (Phi) is 6.54. The minimum absolute atomic E-state index is 0.0924. The molecule has 0 bridgehead atoms. The number of carbonyl (C=O) groups excluding carboxylic acids is 2. The van der Waals surface area contributed by atoms with Crippen molar-refractivity contribution in [1.29, 1.82) is 0 Å². The maximum absolute atomic E-state index is 13.8. The molecule has 0 aliphatic carbocycles. The van der Waals surface area contributed by atoms with Crippen molar-refractivity contribution in [3.63, 3.8) is 0 Å². The van der Waals surface area contributed by atoms with Gasteiger partial charge >= 0.3 is 24.4 Å². The lowest BCUT2D eigenvalue weighted by atomic mass is 9.96. The molecule has 0 N–H and O–H groups in total. The van der Waals surface area contributed by atoms with Gasteiger partial charge in [0.1, 0.15) is 0 Å². The third-order valence-corrected chi connectivity index (χ3v) is 6.43. The summed E-state index contributed by atoms with van der Waals surface area (Å²) in [4.78, 5) is 40.6. The lowest BCUT2D eigenvalue weighted by molar-refractivity contribution is -0.494. The molecule has 0 aromatic heterocycles. The molecule has 2 aliphatic rings. The van der Waals surface area contributed by atoms with Gasteiger partial charge in [0, 0.05) is 17.2 Å². The molecule has 2 aromatic carbocycles. The van der Waals surface area contributed by atoms with Gasteiger partial charge in [-0.2, -0.15) is 26.3 Å². The van der Waals surface area contributed by atoms with Crippen LogP contribution in [0.3, 0.4) is 0 Å². The minimum Gasteiger partial charge on any atom is -0.294 e. The summed E-state index contributed by atoms with van der Waals surface area (Å²) in [6.45, 7) is -1.08. The summed E-state index contributed by atoms with van der Waals surface area (Å²) < 4.78 is 80.6. The van der Waals surface area contributed by atoms with Crippen LogP contribution in [-0.2, 0) is 12.4 Å². The smallest absolute Gasteiger partial charge is 0.294 e. The van der Waals surface area contributed by atoms with Crippen LogP contribution in [0.2, 0.25) is 0 Å². The second-order valence-corrected chi connectivity index (χ2v) is 8.77. The zero-order valence-corrected chi connectivity index (χ0v) is 19.1. The summed E-state index contributed by atoms with van der Waals surface area (Å²) >= 11 is 0. The summed E-state index contributed by atoms with van der Waals surface area (Å²) in [6, 6.07) is 4.51. The zero-order chi connectivity index (χ0) is 27.2. The molecule has 1 unspecified atom stereocenters. The van der Waals surface area contributed by atoms with Gasteiger partial charge in [-0.05, 0) is 55.7 Å². The van der Waals surface area contributed by atoms with Crippen LogP contribution in [0.15, 0.2) is 48.5 Å². The summed E-state index contributed by atoms with van der Waals surface area (Å²) in [5.41, 5.74) is -5.11. The van der Waals surface area contributed by atoms with Crippen LogP contribution in [0.1, 0.15) is 36.8 Å². The number of amides is 4. The molecule has 198 valence electrons. The van der Waals surface area contributed by atoms with Gasteiger partial charge in [-0.25, -0.2) is 14.5 Å². The van der Waals surface area contributed by atoms with Crippen molar-refractivity contribution >= 4 is 23.4 Å². The van der Waals surface area contributed by atoms with Gasteiger partial charge in [-0.3, -0.25) is 19.9 Å². The van der Waals surface area contributed by atoms with E-state index in [-0.39, 0.29) is 18.7 Å². The molecule has 2 aliphatic heterocycles. The Labute approximate surface area is 206 Å². The van der Waals surface area contributed by atoms with Crippen molar-refractivity contribution in [3.05, 3.63) is 69.8 Å². The highest BCUT2D eigenvalue weighted by atomic mass is 19.4. The highest BCUT2D eigenvalue weighted by Gasteiger charge is 2.59. The number of nitrogens with zero attached hydrogens (tertiary/aromatic N) is 4. The van der Waals surface area contributed by atoms with Gasteiger partial charge in [-0.1, -0.05) is 18.6 Å². The van der Waals surface area contributed by atoms with Gasteiger partial charge in [0.05, 0.1) is 16.8 Å². The van der Waals surface area contributed by atoms with E-state index < -0.39 is 58.4 Å². The van der Waals surface area contributed by atoms with E-state index >= 15 is 0 Å². The highest BCUT2D eigenvalue weighted by molar-refractivity contribution is 6.21. The summed E-state index contributed by atoms with van der Waals surface area (Å²) in [5, 5.41) is 11.8. The molecular weight excluding hydrogens is 510 g/mol. The van der Waals surface area contributed by atoms with E-state index in [1.54, 1.807) is 0 Å². The number of anilines is 2. The zero-order valence-electron chi connectivity index (χ0n) is 19.1. The fraction of sp³-hybridized carbons (Fsp3) is 0.391. The predicted molar refractivity (Wildman–Crippen MR) is 118 cm³/mol.